The molecule has 2 amide bonds. The van der Waals surface area contributed by atoms with Crippen LogP contribution in [0, 0.1) is 10.1 Å². The summed E-state index contributed by atoms with van der Waals surface area (Å²) < 4.78 is 5.37. The molecule has 0 aliphatic carbocycles. The number of anilines is 1. The van der Waals surface area contributed by atoms with E-state index in [4.69, 9.17) is 4.74 Å². The molecule has 1 saturated heterocycles. The van der Waals surface area contributed by atoms with Crippen molar-refractivity contribution < 1.29 is 19.2 Å². The molecule has 26 heavy (non-hydrogen) atoms. The Labute approximate surface area is 152 Å². The second-order valence-corrected chi connectivity index (χ2v) is 6.51. The molecule has 1 atom stereocenters. The maximum absolute atomic E-state index is 12.4. The van der Waals surface area contributed by atoms with Gasteiger partial charge in [0.1, 0.15) is 11.8 Å². The van der Waals surface area contributed by atoms with E-state index in [0.29, 0.717) is 18.1 Å². The van der Waals surface area contributed by atoms with Crippen molar-refractivity contribution in [3.8, 4) is 5.75 Å². The molecule has 0 spiro atoms. The molecule has 1 aromatic heterocycles. The molecule has 9 nitrogen and oxygen atoms in total. The van der Waals surface area contributed by atoms with Gasteiger partial charge in [-0.15, -0.1) is 11.3 Å². The van der Waals surface area contributed by atoms with Crippen LogP contribution in [0.1, 0.15) is 12.8 Å². The van der Waals surface area contributed by atoms with Gasteiger partial charge in [-0.1, -0.05) is 6.07 Å². The van der Waals surface area contributed by atoms with Crippen LogP contribution in [-0.2, 0) is 9.59 Å². The highest BCUT2D eigenvalue weighted by molar-refractivity contribution is 7.13. The van der Waals surface area contributed by atoms with Crippen LogP contribution in [0.25, 0.3) is 0 Å². The Morgan fingerprint density at radius 2 is 2.31 bits per heavy atom. The van der Waals surface area contributed by atoms with E-state index < -0.39 is 11.0 Å². The maximum atomic E-state index is 12.4. The summed E-state index contributed by atoms with van der Waals surface area (Å²) in [5, 5.41) is 15.7. The van der Waals surface area contributed by atoms with Crippen LogP contribution in [0.15, 0.2) is 35.8 Å². The van der Waals surface area contributed by atoms with Gasteiger partial charge in [0.15, 0.2) is 11.7 Å². The van der Waals surface area contributed by atoms with E-state index in [1.165, 1.54) is 40.5 Å². The molecule has 1 N–H and O–H groups in total. The predicted molar refractivity (Wildman–Crippen MR) is 94.1 cm³/mol. The van der Waals surface area contributed by atoms with Crippen LogP contribution < -0.4 is 10.1 Å². The highest BCUT2D eigenvalue weighted by Crippen LogP contribution is 2.22. The summed E-state index contributed by atoms with van der Waals surface area (Å²) in [6, 6.07) is 5.05. The van der Waals surface area contributed by atoms with Crippen LogP contribution in [-0.4, -0.2) is 45.8 Å². The number of benzene rings is 1. The Bertz CT molecular complexity index is 811. The molecule has 2 aromatic rings. The van der Waals surface area contributed by atoms with Gasteiger partial charge in [0, 0.05) is 24.2 Å². The zero-order valence-electron chi connectivity index (χ0n) is 13.7. The number of amides is 2. The van der Waals surface area contributed by atoms with E-state index >= 15 is 0 Å². The highest BCUT2D eigenvalue weighted by Gasteiger charge is 2.34. The third-order valence-corrected chi connectivity index (χ3v) is 4.62. The van der Waals surface area contributed by atoms with Crippen molar-refractivity contribution in [1.29, 1.82) is 0 Å². The molecule has 0 radical (unpaired) electrons. The van der Waals surface area contributed by atoms with Gasteiger partial charge in [-0.05, 0) is 18.9 Å². The number of carbonyl (C=O) groups is 2. The third-order valence-electron chi connectivity index (χ3n) is 3.93. The van der Waals surface area contributed by atoms with Crippen LogP contribution in [0.4, 0.5) is 10.8 Å². The van der Waals surface area contributed by atoms with Crippen molar-refractivity contribution in [2.24, 2.45) is 0 Å². The molecular formula is C16H16N4O5S. The summed E-state index contributed by atoms with van der Waals surface area (Å²) >= 11 is 1.30. The number of rotatable bonds is 6. The fourth-order valence-electron chi connectivity index (χ4n) is 2.73. The van der Waals surface area contributed by atoms with Crippen molar-refractivity contribution in [2.45, 2.75) is 18.9 Å². The molecule has 1 unspecified atom stereocenters. The van der Waals surface area contributed by atoms with Gasteiger partial charge >= 0.3 is 0 Å². The first kappa shape index (κ1) is 17.8. The first-order valence-corrected chi connectivity index (χ1v) is 8.79. The van der Waals surface area contributed by atoms with E-state index in [9.17, 15) is 19.7 Å². The first-order valence-electron chi connectivity index (χ1n) is 7.91. The van der Waals surface area contributed by atoms with Crippen molar-refractivity contribution in [2.75, 3.05) is 18.5 Å². The van der Waals surface area contributed by atoms with E-state index in [2.05, 4.69) is 10.3 Å². The Balaban J connectivity index is 1.59. The van der Waals surface area contributed by atoms with E-state index in [-0.39, 0.29) is 29.9 Å². The van der Waals surface area contributed by atoms with Gasteiger partial charge in [-0.3, -0.25) is 19.7 Å². The Morgan fingerprint density at radius 1 is 1.46 bits per heavy atom. The Kier molecular flexibility index (Phi) is 5.42. The number of ether oxygens (including phenoxy) is 1. The lowest BCUT2D eigenvalue weighted by molar-refractivity contribution is -0.384. The number of nitro benzene ring substituents is 1. The topological polar surface area (TPSA) is 115 Å². The molecule has 10 heteroatoms. The smallest absolute Gasteiger partial charge is 0.273 e. The molecule has 0 saturated carbocycles. The third kappa shape index (κ3) is 4.14. The number of thiazole rings is 1. The molecule has 1 fully saturated rings. The van der Waals surface area contributed by atoms with Gasteiger partial charge in [0.05, 0.1) is 11.0 Å². The summed E-state index contributed by atoms with van der Waals surface area (Å²) in [6.07, 6.45) is 2.88. The molecule has 1 aliphatic rings. The monoisotopic (exact) mass is 376 g/mol. The van der Waals surface area contributed by atoms with Gasteiger partial charge < -0.3 is 15.0 Å². The molecule has 1 aromatic carbocycles. The average molecular weight is 376 g/mol. The molecule has 3 rings (SSSR count). The van der Waals surface area contributed by atoms with E-state index in [1.807, 2.05) is 0 Å². The van der Waals surface area contributed by atoms with Gasteiger partial charge in [0.2, 0.25) is 5.91 Å². The van der Waals surface area contributed by atoms with Crippen LogP contribution in [0.3, 0.4) is 0 Å². The number of likely N-dealkylation sites (tertiary alicyclic amines) is 1. The number of non-ortho nitro benzene ring substituents is 1. The fourth-order valence-corrected chi connectivity index (χ4v) is 3.26. The number of hydrogen-bond acceptors (Lipinski definition) is 7. The van der Waals surface area contributed by atoms with E-state index in [0.717, 1.165) is 6.42 Å². The summed E-state index contributed by atoms with van der Waals surface area (Å²) in [4.78, 5) is 40.5. The van der Waals surface area contributed by atoms with Gasteiger partial charge in [-0.25, -0.2) is 4.98 Å². The largest absolute Gasteiger partial charge is 0.484 e. The summed E-state index contributed by atoms with van der Waals surface area (Å²) in [5.74, 6) is -0.384. The van der Waals surface area contributed by atoms with Gasteiger partial charge in [0.25, 0.3) is 11.6 Å². The molecular weight excluding hydrogens is 360 g/mol. The minimum atomic E-state index is -0.569. The van der Waals surface area contributed by atoms with Crippen molar-refractivity contribution in [1.82, 2.24) is 9.88 Å². The fraction of sp³-hybridized carbons (Fsp3) is 0.312. The second-order valence-electron chi connectivity index (χ2n) is 5.61. The Morgan fingerprint density at radius 3 is 3.04 bits per heavy atom. The predicted octanol–water partition coefficient (Wildman–Crippen LogP) is 2.06. The quantitative estimate of drug-likeness (QED) is 0.610. The number of nitrogens with one attached hydrogen (secondary N) is 1. The number of aromatic nitrogens is 1. The van der Waals surface area contributed by atoms with Crippen molar-refractivity contribution in [3.05, 3.63) is 46.0 Å². The Hall–Kier alpha value is -3.01. The average Bonchev–Trinajstić information content (AvgIpc) is 3.31. The summed E-state index contributed by atoms with van der Waals surface area (Å²) in [5.41, 5.74) is -0.114. The first-order chi connectivity index (χ1) is 12.5. The standard InChI is InChI=1S/C16H16N4O5S/c21-14(10-25-12-4-1-3-11(9-12)20(23)24)19-7-2-5-13(19)15(22)18-16-17-6-8-26-16/h1,3-4,6,8-9,13H,2,5,7,10H2,(H,17,18,22). The molecule has 1 aliphatic heterocycles. The summed E-state index contributed by atoms with van der Waals surface area (Å²) in [6.45, 7) is 0.176. The van der Waals surface area contributed by atoms with Crippen molar-refractivity contribution >= 4 is 34.0 Å². The molecule has 0 bridgehead atoms. The zero-order chi connectivity index (χ0) is 18.5. The number of hydrogen-bond donors (Lipinski definition) is 1. The number of nitrogens with zero attached hydrogens (tertiary/aromatic N) is 3. The molecule has 2 heterocycles. The molecule has 136 valence electrons. The van der Waals surface area contributed by atoms with E-state index in [1.54, 1.807) is 11.6 Å². The SMILES string of the molecule is O=C(Nc1nccs1)C1CCCN1C(=O)COc1cccc([N+](=O)[O-])c1. The number of carbonyl (C=O) groups excluding carboxylic acids is 2. The lowest BCUT2D eigenvalue weighted by atomic mass is 10.2. The van der Waals surface area contributed by atoms with Gasteiger partial charge in [-0.2, -0.15) is 0 Å². The normalized spacial score (nSPS) is 16.3. The summed E-state index contributed by atoms with van der Waals surface area (Å²) in [7, 11) is 0. The zero-order valence-corrected chi connectivity index (χ0v) is 14.5. The lowest BCUT2D eigenvalue weighted by Crippen LogP contribution is -2.45. The minimum absolute atomic E-state index is 0.114. The number of nitro groups is 1. The maximum Gasteiger partial charge on any atom is 0.273 e. The van der Waals surface area contributed by atoms with Crippen molar-refractivity contribution in [3.63, 3.8) is 0 Å². The second kappa shape index (κ2) is 7.91. The highest BCUT2D eigenvalue weighted by atomic mass is 32.1. The van der Waals surface area contributed by atoms with Crippen LogP contribution in [0.2, 0.25) is 0 Å². The minimum Gasteiger partial charge on any atom is -0.484 e. The van der Waals surface area contributed by atoms with Crippen LogP contribution in [0.5, 0.6) is 5.75 Å². The lowest BCUT2D eigenvalue weighted by Gasteiger charge is -2.23. The van der Waals surface area contributed by atoms with Crippen LogP contribution >= 0.6 is 11.3 Å².